The highest BCUT2D eigenvalue weighted by Crippen LogP contribution is 2.33. The van der Waals surface area contributed by atoms with Crippen LogP contribution in [0.25, 0.3) is 0 Å². The van der Waals surface area contributed by atoms with Crippen LogP contribution in [0.1, 0.15) is 51.9 Å². The van der Waals surface area contributed by atoms with E-state index in [2.05, 4.69) is 12.2 Å². The van der Waals surface area contributed by atoms with E-state index in [-0.39, 0.29) is 0 Å². The lowest BCUT2D eigenvalue weighted by Crippen LogP contribution is -2.41. The van der Waals surface area contributed by atoms with Crippen molar-refractivity contribution in [3.63, 3.8) is 0 Å². The van der Waals surface area contributed by atoms with Gasteiger partial charge in [-0.25, -0.2) is 0 Å². The quantitative estimate of drug-likeness (QED) is 0.824. The summed E-state index contributed by atoms with van der Waals surface area (Å²) in [6, 6.07) is 0.746. The third-order valence-corrected chi connectivity index (χ3v) is 6.06. The van der Waals surface area contributed by atoms with Crippen molar-refractivity contribution in [2.75, 3.05) is 12.3 Å². The molecule has 4 unspecified atom stereocenters. The Morgan fingerprint density at radius 1 is 1.22 bits per heavy atom. The van der Waals surface area contributed by atoms with Crippen LogP contribution in [0, 0.1) is 17.8 Å². The Morgan fingerprint density at radius 3 is 3.00 bits per heavy atom. The molecule has 1 heterocycles. The normalized spacial score (nSPS) is 42.6. The van der Waals surface area contributed by atoms with E-state index in [1.807, 2.05) is 11.8 Å². The standard InChI is InChI=1S/C15H26N2S/c1-11-4-2-5-12(8-11)9-16-15-17-14-7-3-6-13(14)10-18-15/h11-14H,2-10H2,1H3,(H,16,17). The molecule has 102 valence electrons. The Kier molecular flexibility index (Phi) is 4.17. The number of hydrogen-bond acceptors (Lipinski definition) is 2. The molecule has 1 aliphatic heterocycles. The van der Waals surface area contributed by atoms with Crippen molar-refractivity contribution in [2.45, 2.75) is 57.9 Å². The van der Waals surface area contributed by atoms with Crippen LogP contribution in [0.4, 0.5) is 0 Å². The van der Waals surface area contributed by atoms with Gasteiger partial charge < -0.3 is 5.32 Å². The summed E-state index contributed by atoms with van der Waals surface area (Å²) in [7, 11) is 0. The predicted octanol–water partition coefficient (Wildman–Crippen LogP) is 3.67. The fourth-order valence-corrected chi connectivity index (χ4v) is 5.01. The number of hydrogen-bond donors (Lipinski definition) is 1. The van der Waals surface area contributed by atoms with Crippen molar-refractivity contribution in [3.05, 3.63) is 0 Å². The summed E-state index contributed by atoms with van der Waals surface area (Å²) in [5.41, 5.74) is 0. The first kappa shape index (κ1) is 12.8. The maximum absolute atomic E-state index is 4.87. The molecule has 3 fully saturated rings. The Hall–Kier alpha value is -0.180. The van der Waals surface area contributed by atoms with Crippen molar-refractivity contribution in [1.82, 2.24) is 5.32 Å². The van der Waals surface area contributed by atoms with E-state index in [0.29, 0.717) is 0 Å². The Bertz CT molecular complexity index is 316. The molecule has 0 aromatic rings. The molecule has 4 atom stereocenters. The summed E-state index contributed by atoms with van der Waals surface area (Å²) in [4.78, 5) is 4.87. The third-order valence-electron chi connectivity index (χ3n) is 4.94. The van der Waals surface area contributed by atoms with Gasteiger partial charge in [-0.1, -0.05) is 37.9 Å². The highest BCUT2D eigenvalue weighted by Gasteiger charge is 2.32. The number of amidine groups is 1. The van der Waals surface area contributed by atoms with Crippen LogP contribution in [0.15, 0.2) is 4.99 Å². The second kappa shape index (κ2) is 5.85. The first-order valence-electron chi connectivity index (χ1n) is 7.75. The molecule has 0 radical (unpaired) electrons. The van der Waals surface area contributed by atoms with E-state index in [1.54, 1.807) is 0 Å². The Morgan fingerprint density at radius 2 is 2.11 bits per heavy atom. The van der Waals surface area contributed by atoms with Gasteiger partial charge in [0.25, 0.3) is 0 Å². The van der Waals surface area contributed by atoms with Gasteiger partial charge in [-0.2, -0.15) is 0 Å². The third kappa shape index (κ3) is 3.04. The molecule has 3 rings (SSSR count). The van der Waals surface area contributed by atoms with E-state index in [1.165, 1.54) is 55.9 Å². The van der Waals surface area contributed by atoms with Crippen LogP contribution >= 0.6 is 11.8 Å². The molecule has 0 amide bonds. The maximum atomic E-state index is 4.87. The molecule has 0 spiro atoms. The van der Waals surface area contributed by atoms with Crippen LogP contribution in [-0.4, -0.2) is 23.5 Å². The lowest BCUT2D eigenvalue weighted by atomic mass is 9.82. The molecule has 0 bridgehead atoms. The van der Waals surface area contributed by atoms with E-state index >= 15 is 0 Å². The first-order chi connectivity index (χ1) is 8.81. The minimum atomic E-state index is 0.746. The largest absolute Gasteiger partial charge is 0.362 e. The lowest BCUT2D eigenvalue weighted by Gasteiger charge is -2.29. The van der Waals surface area contributed by atoms with Crippen LogP contribution in [0.3, 0.4) is 0 Å². The fraction of sp³-hybridized carbons (Fsp3) is 0.933. The van der Waals surface area contributed by atoms with Gasteiger partial charge in [0.15, 0.2) is 5.17 Å². The van der Waals surface area contributed by atoms with Crippen LogP contribution in [0.5, 0.6) is 0 Å². The van der Waals surface area contributed by atoms with Crippen molar-refractivity contribution >= 4 is 16.9 Å². The first-order valence-corrected chi connectivity index (χ1v) is 8.73. The van der Waals surface area contributed by atoms with Crippen molar-refractivity contribution < 1.29 is 0 Å². The molecule has 18 heavy (non-hydrogen) atoms. The maximum Gasteiger partial charge on any atom is 0.156 e. The molecule has 0 aromatic heterocycles. The van der Waals surface area contributed by atoms with E-state index < -0.39 is 0 Å². The van der Waals surface area contributed by atoms with Gasteiger partial charge in [0.1, 0.15) is 0 Å². The second-order valence-electron chi connectivity index (χ2n) is 6.54. The zero-order valence-corrected chi connectivity index (χ0v) is 12.3. The summed E-state index contributed by atoms with van der Waals surface area (Å²) in [6.45, 7) is 3.47. The molecule has 3 heteroatoms. The van der Waals surface area contributed by atoms with Crippen LogP contribution in [-0.2, 0) is 0 Å². The van der Waals surface area contributed by atoms with Crippen LogP contribution in [0.2, 0.25) is 0 Å². The summed E-state index contributed by atoms with van der Waals surface area (Å²) in [5.74, 6) is 4.00. The lowest BCUT2D eigenvalue weighted by molar-refractivity contribution is 0.289. The van der Waals surface area contributed by atoms with Crippen molar-refractivity contribution in [2.24, 2.45) is 22.7 Å². The summed E-state index contributed by atoms with van der Waals surface area (Å²) >= 11 is 1.97. The van der Waals surface area contributed by atoms with E-state index in [4.69, 9.17) is 4.99 Å². The SMILES string of the molecule is CC1CCCC(CN=C2NC3CCCC3CS2)C1. The molecule has 2 nitrogen and oxygen atoms in total. The molecular weight excluding hydrogens is 240 g/mol. The van der Waals surface area contributed by atoms with Crippen molar-refractivity contribution in [1.29, 1.82) is 0 Å². The molecular formula is C15H26N2S. The molecule has 1 N–H and O–H groups in total. The van der Waals surface area contributed by atoms with Gasteiger partial charge in [0.05, 0.1) is 0 Å². The highest BCUT2D eigenvalue weighted by molar-refractivity contribution is 8.13. The smallest absolute Gasteiger partial charge is 0.156 e. The van der Waals surface area contributed by atoms with Gasteiger partial charge >= 0.3 is 0 Å². The molecule has 2 aliphatic carbocycles. The van der Waals surface area contributed by atoms with Crippen LogP contribution < -0.4 is 5.32 Å². The number of fused-ring (bicyclic) bond motifs is 1. The highest BCUT2D eigenvalue weighted by atomic mass is 32.2. The summed E-state index contributed by atoms with van der Waals surface area (Å²) in [6.07, 6.45) is 9.86. The zero-order valence-electron chi connectivity index (χ0n) is 11.5. The van der Waals surface area contributed by atoms with E-state index in [0.717, 1.165) is 30.3 Å². The number of nitrogens with one attached hydrogen (secondary N) is 1. The van der Waals surface area contributed by atoms with Gasteiger partial charge in [-0.15, -0.1) is 0 Å². The Balaban J connectivity index is 1.50. The number of aliphatic imine (C=N–C) groups is 1. The number of rotatable bonds is 2. The van der Waals surface area contributed by atoms with Gasteiger partial charge in [-0.3, -0.25) is 4.99 Å². The molecule has 0 aromatic carbocycles. The molecule has 3 aliphatic rings. The van der Waals surface area contributed by atoms with Gasteiger partial charge in [0, 0.05) is 18.3 Å². The Labute approximate surface area is 115 Å². The monoisotopic (exact) mass is 266 g/mol. The van der Waals surface area contributed by atoms with E-state index in [9.17, 15) is 0 Å². The molecule has 2 saturated carbocycles. The summed E-state index contributed by atoms with van der Waals surface area (Å²) in [5, 5.41) is 4.93. The van der Waals surface area contributed by atoms with Gasteiger partial charge in [0.2, 0.25) is 0 Å². The number of thioether (sulfide) groups is 1. The minimum Gasteiger partial charge on any atom is -0.362 e. The van der Waals surface area contributed by atoms with Crippen molar-refractivity contribution in [3.8, 4) is 0 Å². The average molecular weight is 266 g/mol. The van der Waals surface area contributed by atoms with Gasteiger partial charge in [-0.05, 0) is 43.4 Å². The predicted molar refractivity (Wildman–Crippen MR) is 80.1 cm³/mol. The topological polar surface area (TPSA) is 24.4 Å². The summed E-state index contributed by atoms with van der Waals surface area (Å²) < 4.78 is 0. The average Bonchev–Trinajstić information content (AvgIpc) is 2.84. The minimum absolute atomic E-state index is 0.746. The fourth-order valence-electron chi connectivity index (χ4n) is 3.84. The zero-order chi connectivity index (χ0) is 12.4. The number of nitrogens with zero attached hydrogens (tertiary/aromatic N) is 1. The second-order valence-corrected chi connectivity index (χ2v) is 7.55. The molecule has 1 saturated heterocycles.